The molecule has 0 bridgehead atoms. The summed E-state index contributed by atoms with van der Waals surface area (Å²) in [4.78, 5) is 90.8. The van der Waals surface area contributed by atoms with Crippen LogP contribution in [0.1, 0.15) is 78.8 Å². The van der Waals surface area contributed by atoms with Crippen LogP contribution in [0.3, 0.4) is 0 Å². The molecule has 1 fully saturated rings. The van der Waals surface area contributed by atoms with Gasteiger partial charge < -0.3 is 86.3 Å². The molecule has 3 amide bonds. The number of likely N-dealkylation sites (N-methyl/N-ethyl adjacent to an activating group) is 3. The van der Waals surface area contributed by atoms with E-state index in [4.69, 9.17) is 40.5 Å². The fraction of sp³-hybridized carbons (Fsp3) is 0.442. The van der Waals surface area contributed by atoms with Gasteiger partial charge in [-0.25, -0.2) is 24.4 Å². The highest BCUT2D eigenvalue weighted by Crippen LogP contribution is 2.30. The molecule has 0 radical (unpaired) electrons. The summed E-state index contributed by atoms with van der Waals surface area (Å²) < 4.78 is 6.70. The molecule has 5 aromatic rings. The minimum absolute atomic E-state index is 0.111. The number of anilines is 3. The average molecular weight is 1120 g/mol. The summed E-state index contributed by atoms with van der Waals surface area (Å²) in [5, 5.41) is 88.0. The third kappa shape index (κ3) is 30.8. The first-order valence-electron chi connectivity index (χ1n) is 24.1. The van der Waals surface area contributed by atoms with Gasteiger partial charge in [0.15, 0.2) is 17.4 Å². The lowest BCUT2D eigenvalue weighted by Gasteiger charge is -2.16. The van der Waals surface area contributed by atoms with Crippen molar-refractivity contribution < 1.29 is 79.5 Å². The Bertz CT molecular complexity index is 2440. The van der Waals surface area contributed by atoms with Crippen LogP contribution in [0.5, 0.6) is 0 Å². The second-order valence-electron chi connectivity index (χ2n) is 18.3. The summed E-state index contributed by atoms with van der Waals surface area (Å²) in [6.45, 7) is 11.3. The standard InChI is InChI=1S/C10H12N4O5.3C9H9NO3.3C5H13NO/c15-1-4-6(16)7(17)10(19-4)14-3-13-5-8(14)11-2-12-9(5)18;3*1-6(11)10-8-4-2-7(3-5-8)9(12)13;3*1-5(7)4-6(2)3/h2-4,6-7,10,15-17H,1H2,(H,11,12,18);3*2-5H,1H3,(H,10,11)(H,12,13);3*5,7H,4H2,1-3H3/t4?,6-,7-,10-;;;;;;/m1....../s1. The number of hydrogen-bond acceptors (Lipinski definition) is 19. The number of carbonyl (C=O) groups is 6. The van der Waals surface area contributed by atoms with Gasteiger partial charge in [0.1, 0.15) is 18.3 Å². The number of aromatic amines is 1. The Kier molecular flexibility index (Phi) is 33.7. The van der Waals surface area contributed by atoms with E-state index in [9.17, 15) is 43.8 Å². The SMILES string of the molecule is CC(=O)Nc1ccc(C(=O)O)cc1.CC(=O)Nc1ccc(C(=O)O)cc1.CC(=O)Nc1ccc(C(=O)O)cc1.CC(O)CN(C)C.CC(O)CN(C)C.CC(O)CN(C)C.O=c1[nH]cnc2c1ncn2[C@@H]1OC(CO)[C@@H](O)[C@H]1O. The van der Waals surface area contributed by atoms with Crippen molar-refractivity contribution in [1.29, 1.82) is 0 Å². The molecule has 0 saturated carbocycles. The van der Waals surface area contributed by atoms with Crippen LogP contribution < -0.4 is 21.5 Å². The normalized spacial score (nSPS) is 16.1. The van der Waals surface area contributed by atoms with E-state index in [-0.39, 0.29) is 63.9 Å². The number of amides is 3. The monoisotopic (exact) mass is 1110 g/mol. The quantitative estimate of drug-likeness (QED) is 0.0750. The van der Waals surface area contributed by atoms with Crippen LogP contribution in [0.25, 0.3) is 11.2 Å². The highest BCUT2D eigenvalue weighted by atomic mass is 16.6. The number of fused-ring (bicyclic) bond motifs is 1. The molecule has 27 heteroatoms. The minimum atomic E-state index is -1.24. The number of carbonyl (C=O) groups excluding carboxylic acids is 3. The number of H-pyrrole nitrogens is 1. The summed E-state index contributed by atoms with van der Waals surface area (Å²) in [5.74, 6) is -3.47. The fourth-order valence-electron chi connectivity index (χ4n) is 6.44. The number of nitrogens with zero attached hydrogens (tertiary/aromatic N) is 6. The number of carboxylic acid groups (broad SMARTS) is 3. The first-order chi connectivity index (χ1) is 36.8. The number of aliphatic hydroxyl groups is 6. The van der Waals surface area contributed by atoms with E-state index >= 15 is 0 Å². The molecule has 27 nitrogen and oxygen atoms in total. The van der Waals surface area contributed by atoms with Gasteiger partial charge in [0.25, 0.3) is 5.56 Å². The number of nitrogens with one attached hydrogen (secondary N) is 4. The van der Waals surface area contributed by atoms with Crippen molar-refractivity contribution in [2.45, 2.75) is 84.4 Å². The molecular formula is C52H78N10O17. The van der Waals surface area contributed by atoms with Gasteiger partial charge in [-0.1, -0.05) is 0 Å². The lowest BCUT2D eigenvalue weighted by Crippen LogP contribution is -2.33. The first kappa shape index (κ1) is 71.4. The van der Waals surface area contributed by atoms with E-state index < -0.39 is 54.6 Å². The van der Waals surface area contributed by atoms with E-state index in [0.717, 1.165) is 19.6 Å². The van der Waals surface area contributed by atoms with Crippen LogP contribution in [0.4, 0.5) is 17.1 Å². The minimum Gasteiger partial charge on any atom is -0.478 e. The zero-order chi connectivity index (χ0) is 60.7. The zero-order valence-electron chi connectivity index (χ0n) is 46.4. The maximum atomic E-state index is 11.5. The summed E-state index contributed by atoms with van der Waals surface area (Å²) in [6, 6.07) is 17.9. The average Bonchev–Trinajstić information content (AvgIpc) is 3.88. The fourth-order valence-corrected chi connectivity index (χ4v) is 6.44. The first-order valence-corrected chi connectivity index (χ1v) is 24.1. The number of aromatic nitrogens is 4. The second kappa shape index (κ2) is 37.3. The largest absolute Gasteiger partial charge is 0.478 e. The predicted octanol–water partition coefficient (Wildman–Crippen LogP) is 1.55. The van der Waals surface area contributed by atoms with Crippen molar-refractivity contribution >= 4 is 63.9 Å². The second-order valence-corrected chi connectivity index (χ2v) is 18.3. The Morgan fingerprint density at radius 3 is 1.13 bits per heavy atom. The third-order valence-electron chi connectivity index (χ3n) is 9.40. The molecule has 79 heavy (non-hydrogen) atoms. The van der Waals surface area contributed by atoms with Gasteiger partial charge >= 0.3 is 17.9 Å². The number of carboxylic acids is 3. The van der Waals surface area contributed by atoms with Gasteiger partial charge in [-0.05, 0) is 136 Å². The van der Waals surface area contributed by atoms with Gasteiger partial charge in [-0.15, -0.1) is 0 Å². The van der Waals surface area contributed by atoms with Gasteiger partial charge in [-0.2, -0.15) is 0 Å². The van der Waals surface area contributed by atoms with Crippen LogP contribution in [-0.4, -0.2) is 221 Å². The molecule has 2 aromatic heterocycles. The molecule has 7 atom stereocenters. The molecule has 1 aliphatic rings. The molecule has 1 aliphatic heterocycles. The van der Waals surface area contributed by atoms with E-state index in [1.54, 1.807) is 57.2 Å². The predicted molar refractivity (Wildman–Crippen MR) is 295 cm³/mol. The molecule has 1 saturated heterocycles. The lowest BCUT2D eigenvalue weighted by molar-refractivity contribution is -0.115. The topological polar surface area (TPSA) is 403 Å². The van der Waals surface area contributed by atoms with Gasteiger partial charge in [0.2, 0.25) is 17.7 Å². The number of ether oxygens (including phenoxy) is 1. The van der Waals surface area contributed by atoms with Crippen molar-refractivity contribution in [3.05, 3.63) is 112 Å². The van der Waals surface area contributed by atoms with Crippen LogP contribution in [0.15, 0.2) is 90.2 Å². The summed E-state index contributed by atoms with van der Waals surface area (Å²) in [5.41, 5.74) is 2.33. The van der Waals surface area contributed by atoms with Gasteiger partial charge in [0, 0.05) is 57.5 Å². The Balaban J connectivity index is 0.000000929. The van der Waals surface area contributed by atoms with Crippen molar-refractivity contribution in [3.8, 4) is 0 Å². The maximum absolute atomic E-state index is 11.5. The van der Waals surface area contributed by atoms with Crippen LogP contribution >= 0.6 is 0 Å². The van der Waals surface area contributed by atoms with Gasteiger partial charge in [-0.3, -0.25) is 23.7 Å². The van der Waals surface area contributed by atoms with E-state index in [1.165, 1.54) is 74.4 Å². The van der Waals surface area contributed by atoms with Crippen LogP contribution in [0.2, 0.25) is 0 Å². The molecule has 13 N–H and O–H groups in total. The summed E-state index contributed by atoms with van der Waals surface area (Å²) >= 11 is 0. The smallest absolute Gasteiger partial charge is 0.335 e. The Morgan fingerprint density at radius 2 is 0.899 bits per heavy atom. The van der Waals surface area contributed by atoms with E-state index in [2.05, 4.69) is 30.9 Å². The van der Waals surface area contributed by atoms with Crippen molar-refractivity contribution in [2.24, 2.45) is 0 Å². The molecular weight excluding hydrogens is 1040 g/mol. The van der Waals surface area contributed by atoms with Crippen LogP contribution in [-0.2, 0) is 19.1 Å². The van der Waals surface area contributed by atoms with Crippen molar-refractivity contribution in [3.63, 3.8) is 0 Å². The number of benzene rings is 3. The summed E-state index contributed by atoms with van der Waals surface area (Å²) in [6.07, 6.45) is -2.38. The number of aliphatic hydroxyl groups excluding tert-OH is 6. The van der Waals surface area contributed by atoms with Crippen LogP contribution in [0, 0.1) is 0 Å². The van der Waals surface area contributed by atoms with Crippen molar-refractivity contribution in [1.82, 2.24) is 34.2 Å². The summed E-state index contributed by atoms with van der Waals surface area (Å²) in [7, 11) is 11.6. The molecule has 6 rings (SSSR count). The zero-order valence-corrected chi connectivity index (χ0v) is 46.4. The maximum Gasteiger partial charge on any atom is 0.335 e. The number of aromatic carboxylic acids is 3. The molecule has 3 heterocycles. The Labute approximate surface area is 457 Å². The molecule has 0 spiro atoms. The Hall–Kier alpha value is -7.57. The molecule has 3 aromatic carbocycles. The lowest BCUT2D eigenvalue weighted by atomic mass is 10.1. The van der Waals surface area contributed by atoms with Gasteiger partial charge in [0.05, 0.1) is 54.3 Å². The highest BCUT2D eigenvalue weighted by molar-refractivity contribution is 5.93. The van der Waals surface area contributed by atoms with E-state index in [1.807, 2.05) is 57.0 Å². The Morgan fingerprint density at radius 1 is 0.582 bits per heavy atom. The van der Waals surface area contributed by atoms with E-state index in [0.29, 0.717) is 17.1 Å². The number of imidazole rings is 1. The third-order valence-corrected chi connectivity index (χ3v) is 9.40. The number of rotatable bonds is 14. The highest BCUT2D eigenvalue weighted by Gasteiger charge is 2.44. The molecule has 438 valence electrons. The molecule has 0 aliphatic carbocycles. The van der Waals surface area contributed by atoms with Crippen molar-refractivity contribution in [2.75, 3.05) is 84.5 Å². The number of hydrogen-bond donors (Lipinski definition) is 13. The molecule has 4 unspecified atom stereocenters.